The van der Waals surface area contributed by atoms with Crippen molar-refractivity contribution in [3.8, 4) is 0 Å². The van der Waals surface area contributed by atoms with Gasteiger partial charge in [0, 0.05) is 0 Å². The average Bonchev–Trinajstić information content (AvgIpc) is 2.45. The Morgan fingerprint density at radius 3 is 2.33 bits per heavy atom. The average molecular weight is 295 g/mol. The SMILES string of the molecule is CCCC(C)CC(C)CCCCC1CC(CC)CCC1C. The highest BCUT2D eigenvalue weighted by Gasteiger charge is 2.26. The second-order valence-electron chi connectivity index (χ2n) is 8.34. The summed E-state index contributed by atoms with van der Waals surface area (Å²) in [7, 11) is 0. The lowest BCUT2D eigenvalue weighted by molar-refractivity contribution is 0.175. The van der Waals surface area contributed by atoms with Gasteiger partial charge in [-0.15, -0.1) is 0 Å². The second-order valence-corrected chi connectivity index (χ2v) is 8.34. The molecular formula is C21H42. The lowest BCUT2D eigenvalue weighted by Crippen LogP contribution is -2.22. The van der Waals surface area contributed by atoms with Crippen molar-refractivity contribution in [1.29, 1.82) is 0 Å². The van der Waals surface area contributed by atoms with Crippen LogP contribution in [-0.4, -0.2) is 0 Å². The molecule has 0 aliphatic heterocycles. The van der Waals surface area contributed by atoms with E-state index < -0.39 is 0 Å². The molecule has 1 rings (SSSR count). The van der Waals surface area contributed by atoms with Gasteiger partial charge in [0.15, 0.2) is 0 Å². The normalized spacial score (nSPS) is 29.3. The first kappa shape index (κ1) is 19.0. The molecule has 0 N–H and O–H groups in total. The maximum atomic E-state index is 2.51. The first-order chi connectivity index (χ1) is 10.1. The zero-order valence-electron chi connectivity index (χ0n) is 15.7. The summed E-state index contributed by atoms with van der Waals surface area (Å²) in [6.45, 7) is 12.1. The number of rotatable bonds is 10. The van der Waals surface area contributed by atoms with E-state index in [1.807, 2.05) is 0 Å². The third-order valence-corrected chi connectivity index (χ3v) is 6.16. The summed E-state index contributed by atoms with van der Waals surface area (Å²) < 4.78 is 0. The molecule has 1 aliphatic carbocycles. The molecule has 0 nitrogen and oxygen atoms in total. The number of hydrogen-bond donors (Lipinski definition) is 0. The Morgan fingerprint density at radius 2 is 1.67 bits per heavy atom. The quantitative estimate of drug-likeness (QED) is 0.366. The zero-order chi connectivity index (χ0) is 15.7. The Morgan fingerprint density at radius 1 is 0.952 bits per heavy atom. The van der Waals surface area contributed by atoms with Gasteiger partial charge in [-0.05, 0) is 42.4 Å². The van der Waals surface area contributed by atoms with E-state index in [0.29, 0.717) is 0 Å². The van der Waals surface area contributed by atoms with Gasteiger partial charge >= 0.3 is 0 Å². The summed E-state index contributed by atoms with van der Waals surface area (Å²) in [5, 5.41) is 0. The van der Waals surface area contributed by atoms with Crippen LogP contribution in [0.2, 0.25) is 0 Å². The van der Waals surface area contributed by atoms with Crippen LogP contribution in [0.25, 0.3) is 0 Å². The summed E-state index contributed by atoms with van der Waals surface area (Å²) in [5.41, 5.74) is 0. The number of unbranched alkanes of at least 4 members (excludes halogenated alkanes) is 1. The van der Waals surface area contributed by atoms with Gasteiger partial charge in [-0.2, -0.15) is 0 Å². The van der Waals surface area contributed by atoms with E-state index in [4.69, 9.17) is 0 Å². The lowest BCUT2D eigenvalue weighted by atomic mass is 9.72. The van der Waals surface area contributed by atoms with Gasteiger partial charge in [0.25, 0.3) is 0 Å². The van der Waals surface area contributed by atoms with Crippen molar-refractivity contribution >= 4 is 0 Å². The maximum Gasteiger partial charge on any atom is -0.0386 e. The summed E-state index contributed by atoms with van der Waals surface area (Å²) >= 11 is 0. The van der Waals surface area contributed by atoms with E-state index >= 15 is 0 Å². The van der Waals surface area contributed by atoms with Crippen molar-refractivity contribution in [1.82, 2.24) is 0 Å². The minimum absolute atomic E-state index is 0.939. The van der Waals surface area contributed by atoms with Gasteiger partial charge in [0.05, 0.1) is 0 Å². The lowest BCUT2D eigenvalue weighted by Gasteiger charge is -2.34. The third kappa shape index (κ3) is 7.71. The van der Waals surface area contributed by atoms with Crippen molar-refractivity contribution in [2.24, 2.45) is 29.6 Å². The van der Waals surface area contributed by atoms with E-state index in [1.54, 1.807) is 0 Å². The molecule has 0 heteroatoms. The van der Waals surface area contributed by atoms with Crippen LogP contribution in [0.4, 0.5) is 0 Å². The molecule has 0 amide bonds. The van der Waals surface area contributed by atoms with Crippen molar-refractivity contribution in [3.05, 3.63) is 0 Å². The Hall–Kier alpha value is 0. The highest BCUT2D eigenvalue weighted by Crippen LogP contribution is 2.38. The van der Waals surface area contributed by atoms with Gasteiger partial charge in [-0.3, -0.25) is 0 Å². The standard InChI is InChI=1S/C21H42/c1-6-10-17(3)15-18(4)11-8-9-12-21-16-20(7-2)14-13-19(21)5/h17-21H,6-16H2,1-5H3. The van der Waals surface area contributed by atoms with Gasteiger partial charge in [-0.25, -0.2) is 0 Å². The van der Waals surface area contributed by atoms with E-state index in [0.717, 1.165) is 29.6 Å². The fourth-order valence-corrected chi connectivity index (χ4v) is 4.60. The molecule has 0 saturated heterocycles. The second kappa shape index (κ2) is 10.7. The third-order valence-electron chi connectivity index (χ3n) is 6.16. The summed E-state index contributed by atoms with van der Waals surface area (Å²) in [6.07, 6.45) is 16.1. The van der Waals surface area contributed by atoms with Crippen LogP contribution in [0, 0.1) is 29.6 Å². The maximum absolute atomic E-state index is 2.51. The van der Waals surface area contributed by atoms with Crippen LogP contribution in [0.1, 0.15) is 105 Å². The molecule has 0 bridgehead atoms. The monoisotopic (exact) mass is 294 g/mol. The molecule has 0 aromatic rings. The first-order valence-electron chi connectivity index (χ1n) is 10.1. The van der Waals surface area contributed by atoms with Crippen molar-refractivity contribution in [3.63, 3.8) is 0 Å². The molecule has 1 fully saturated rings. The van der Waals surface area contributed by atoms with Crippen molar-refractivity contribution in [2.75, 3.05) is 0 Å². The van der Waals surface area contributed by atoms with Crippen LogP contribution in [-0.2, 0) is 0 Å². The molecule has 0 aromatic carbocycles. The van der Waals surface area contributed by atoms with Crippen LogP contribution in [0.5, 0.6) is 0 Å². The fraction of sp³-hybridized carbons (Fsp3) is 1.00. The van der Waals surface area contributed by atoms with Crippen molar-refractivity contribution < 1.29 is 0 Å². The first-order valence-corrected chi connectivity index (χ1v) is 10.1. The molecule has 5 unspecified atom stereocenters. The topological polar surface area (TPSA) is 0 Å². The molecule has 0 spiro atoms. The molecular weight excluding hydrogens is 252 g/mol. The van der Waals surface area contributed by atoms with Crippen LogP contribution in [0.15, 0.2) is 0 Å². The van der Waals surface area contributed by atoms with Gasteiger partial charge < -0.3 is 0 Å². The molecule has 0 radical (unpaired) electrons. The molecule has 0 heterocycles. The van der Waals surface area contributed by atoms with Crippen LogP contribution >= 0.6 is 0 Å². The molecule has 0 aromatic heterocycles. The van der Waals surface area contributed by atoms with Crippen LogP contribution in [0.3, 0.4) is 0 Å². The van der Waals surface area contributed by atoms with Crippen LogP contribution < -0.4 is 0 Å². The zero-order valence-corrected chi connectivity index (χ0v) is 15.7. The minimum atomic E-state index is 0.939. The van der Waals surface area contributed by atoms with Gasteiger partial charge in [-0.1, -0.05) is 92.4 Å². The smallest absolute Gasteiger partial charge is 0.0386 e. The Bertz CT molecular complexity index is 244. The summed E-state index contributed by atoms with van der Waals surface area (Å²) in [4.78, 5) is 0. The Kier molecular flexibility index (Phi) is 9.69. The van der Waals surface area contributed by atoms with Gasteiger partial charge in [0.2, 0.25) is 0 Å². The largest absolute Gasteiger partial charge is 0.0654 e. The molecule has 126 valence electrons. The Labute approximate surface area is 135 Å². The van der Waals surface area contributed by atoms with E-state index in [2.05, 4.69) is 34.6 Å². The molecule has 5 atom stereocenters. The van der Waals surface area contributed by atoms with Gasteiger partial charge in [0.1, 0.15) is 0 Å². The number of hydrogen-bond acceptors (Lipinski definition) is 0. The van der Waals surface area contributed by atoms with E-state index in [9.17, 15) is 0 Å². The minimum Gasteiger partial charge on any atom is -0.0654 e. The summed E-state index contributed by atoms with van der Waals surface area (Å²) in [6, 6.07) is 0. The predicted molar refractivity (Wildman–Crippen MR) is 96.6 cm³/mol. The Balaban J connectivity index is 2.12. The van der Waals surface area contributed by atoms with E-state index in [1.165, 1.54) is 70.6 Å². The fourth-order valence-electron chi connectivity index (χ4n) is 4.60. The van der Waals surface area contributed by atoms with Crippen molar-refractivity contribution in [2.45, 2.75) is 105 Å². The molecule has 21 heavy (non-hydrogen) atoms. The highest BCUT2D eigenvalue weighted by atomic mass is 14.3. The summed E-state index contributed by atoms with van der Waals surface area (Å²) in [5.74, 6) is 4.96. The van der Waals surface area contributed by atoms with E-state index in [-0.39, 0.29) is 0 Å². The highest BCUT2D eigenvalue weighted by molar-refractivity contribution is 4.77. The molecule has 1 aliphatic rings. The predicted octanol–water partition coefficient (Wildman–Crippen LogP) is 7.47. The molecule has 1 saturated carbocycles.